The Labute approximate surface area is 111 Å². The third kappa shape index (κ3) is 2.65. The molecule has 1 unspecified atom stereocenters. The van der Waals surface area contributed by atoms with Gasteiger partial charge in [0.2, 0.25) is 10.0 Å². The van der Waals surface area contributed by atoms with Gasteiger partial charge in [0.1, 0.15) is 4.90 Å². The van der Waals surface area contributed by atoms with Crippen LogP contribution in [0.5, 0.6) is 0 Å². The topological polar surface area (TPSA) is 124 Å². The summed E-state index contributed by atoms with van der Waals surface area (Å²) in [7, 11) is -5.66. The van der Waals surface area contributed by atoms with Crippen LogP contribution in [0.15, 0.2) is 16.4 Å². The molecule has 2 heterocycles. The minimum Gasteiger partial charge on any atom is -0.381 e. The van der Waals surface area contributed by atoms with E-state index in [0.717, 1.165) is 5.41 Å². The van der Waals surface area contributed by atoms with E-state index < -0.39 is 25.9 Å². The van der Waals surface area contributed by atoms with Crippen LogP contribution in [0, 0.1) is 6.92 Å². The van der Waals surface area contributed by atoms with Crippen LogP contribution in [0.4, 0.5) is 5.82 Å². The summed E-state index contributed by atoms with van der Waals surface area (Å²) in [6.45, 7) is 1.57. The lowest BCUT2D eigenvalue weighted by Crippen LogP contribution is -2.36. The molecule has 1 atom stereocenters. The number of hydrogen-bond donors (Lipinski definition) is 2. The molecule has 0 radical (unpaired) electrons. The summed E-state index contributed by atoms with van der Waals surface area (Å²) in [5.74, 6) is -0.400. The van der Waals surface area contributed by atoms with E-state index >= 15 is 0 Å². The molecule has 0 bridgehead atoms. The van der Waals surface area contributed by atoms with Gasteiger partial charge in [0.15, 0.2) is 15.7 Å². The fourth-order valence-corrected chi connectivity index (χ4v) is 4.71. The second kappa shape index (κ2) is 4.32. The van der Waals surface area contributed by atoms with Gasteiger partial charge in [-0.05, 0) is 6.92 Å². The van der Waals surface area contributed by atoms with Gasteiger partial charge in [0.05, 0.1) is 17.5 Å². The maximum Gasteiger partial charge on any atom is 0.246 e. The predicted molar refractivity (Wildman–Crippen MR) is 69.4 cm³/mol. The van der Waals surface area contributed by atoms with Crippen LogP contribution < -0.4 is 10.5 Å². The molecule has 2 rings (SSSR count). The highest BCUT2D eigenvalue weighted by Gasteiger charge is 2.30. The Morgan fingerprint density at radius 2 is 2.16 bits per heavy atom. The van der Waals surface area contributed by atoms with E-state index in [1.807, 2.05) is 0 Å². The fourth-order valence-electron chi connectivity index (χ4n) is 1.85. The molecule has 0 aliphatic carbocycles. The van der Waals surface area contributed by atoms with Crippen molar-refractivity contribution < 1.29 is 16.8 Å². The van der Waals surface area contributed by atoms with Crippen molar-refractivity contribution in [2.24, 2.45) is 7.05 Å². The first-order chi connectivity index (χ1) is 8.62. The van der Waals surface area contributed by atoms with Gasteiger partial charge in [-0.25, -0.2) is 21.6 Å². The van der Waals surface area contributed by atoms with Gasteiger partial charge in [0, 0.05) is 12.5 Å². The molecule has 1 aliphatic rings. The number of nitrogens with two attached hydrogens (primary N) is 1. The monoisotopic (exact) mass is 306 g/mol. The quantitative estimate of drug-likeness (QED) is 0.730. The molecule has 1 aliphatic heterocycles. The molecular formula is C9H14N4O4S2. The van der Waals surface area contributed by atoms with Crippen LogP contribution in [-0.2, 0) is 26.9 Å². The van der Waals surface area contributed by atoms with E-state index in [0.29, 0.717) is 5.69 Å². The number of aromatic nitrogens is 2. The van der Waals surface area contributed by atoms with Crippen LogP contribution in [0.2, 0.25) is 0 Å². The van der Waals surface area contributed by atoms with Crippen LogP contribution in [0.25, 0.3) is 0 Å². The van der Waals surface area contributed by atoms with Crippen LogP contribution >= 0.6 is 0 Å². The number of aryl methyl sites for hydroxylation is 1. The van der Waals surface area contributed by atoms with E-state index in [-0.39, 0.29) is 16.5 Å². The molecule has 10 heteroatoms. The van der Waals surface area contributed by atoms with Crippen molar-refractivity contribution in [3.63, 3.8) is 0 Å². The van der Waals surface area contributed by atoms with Crippen molar-refractivity contribution in [1.29, 1.82) is 0 Å². The van der Waals surface area contributed by atoms with E-state index in [1.54, 1.807) is 14.0 Å². The number of sulfonamides is 1. The number of hydrogen-bond acceptors (Lipinski definition) is 6. The summed E-state index contributed by atoms with van der Waals surface area (Å²) in [6, 6.07) is -0.783. The van der Waals surface area contributed by atoms with E-state index in [1.165, 1.54) is 10.8 Å². The predicted octanol–water partition coefficient (Wildman–Crippen LogP) is -1.10. The molecule has 1 aromatic rings. The Morgan fingerprint density at radius 1 is 1.53 bits per heavy atom. The largest absolute Gasteiger partial charge is 0.381 e. The number of nitrogen functional groups attached to an aromatic ring is 1. The molecular weight excluding hydrogens is 292 g/mol. The average molecular weight is 306 g/mol. The molecule has 8 nitrogen and oxygen atoms in total. The number of nitrogens with zero attached hydrogens (tertiary/aromatic N) is 2. The van der Waals surface area contributed by atoms with Crippen molar-refractivity contribution in [1.82, 2.24) is 14.5 Å². The summed E-state index contributed by atoms with van der Waals surface area (Å²) in [5, 5.41) is 4.82. The highest BCUT2D eigenvalue weighted by atomic mass is 32.2. The van der Waals surface area contributed by atoms with Crippen molar-refractivity contribution >= 4 is 25.7 Å². The second-order valence-corrected chi connectivity index (χ2v) is 7.89. The van der Waals surface area contributed by atoms with Crippen molar-refractivity contribution in [2.75, 3.05) is 11.5 Å². The lowest BCUT2D eigenvalue weighted by atomic mass is 10.4. The normalized spacial score (nSPS) is 21.9. The Balaban J connectivity index is 2.32. The third-order valence-electron chi connectivity index (χ3n) is 2.81. The molecule has 19 heavy (non-hydrogen) atoms. The molecule has 3 N–H and O–H groups in total. The Kier molecular flexibility index (Phi) is 3.19. The third-order valence-corrected chi connectivity index (χ3v) is 5.86. The first-order valence-corrected chi connectivity index (χ1v) is 8.54. The minimum atomic E-state index is -3.91. The van der Waals surface area contributed by atoms with Gasteiger partial charge in [-0.15, -0.1) is 0 Å². The van der Waals surface area contributed by atoms with E-state index in [9.17, 15) is 16.8 Å². The number of nitrogens with one attached hydrogen (secondary N) is 1. The lowest BCUT2D eigenvalue weighted by Gasteiger charge is -2.10. The Hall–Kier alpha value is -1.39. The molecule has 1 aromatic heterocycles. The van der Waals surface area contributed by atoms with Crippen LogP contribution in [0.1, 0.15) is 5.69 Å². The zero-order valence-corrected chi connectivity index (χ0v) is 12.0. The summed E-state index contributed by atoms with van der Waals surface area (Å²) >= 11 is 0. The summed E-state index contributed by atoms with van der Waals surface area (Å²) in [4.78, 5) is -0.118. The molecule has 0 amide bonds. The van der Waals surface area contributed by atoms with Gasteiger partial charge in [-0.2, -0.15) is 5.10 Å². The van der Waals surface area contributed by atoms with E-state index in [4.69, 9.17) is 5.73 Å². The average Bonchev–Trinajstić information content (AvgIpc) is 2.67. The molecule has 0 spiro atoms. The highest BCUT2D eigenvalue weighted by Crippen LogP contribution is 2.22. The summed E-state index contributed by atoms with van der Waals surface area (Å²) in [6.07, 6.45) is 1.30. The SMILES string of the molecule is Cc1c(S(=O)(=O)NC2C=CS(=O)(=O)C2)c(N)nn1C. The first kappa shape index (κ1) is 14.0. The Bertz CT molecular complexity index is 745. The molecule has 0 saturated heterocycles. The lowest BCUT2D eigenvalue weighted by molar-refractivity contribution is 0.574. The van der Waals surface area contributed by atoms with Crippen molar-refractivity contribution in [2.45, 2.75) is 17.9 Å². The van der Waals surface area contributed by atoms with Gasteiger partial charge in [0.25, 0.3) is 0 Å². The number of rotatable bonds is 3. The fraction of sp³-hybridized carbons (Fsp3) is 0.444. The van der Waals surface area contributed by atoms with Crippen molar-refractivity contribution in [3.8, 4) is 0 Å². The molecule has 106 valence electrons. The summed E-state index contributed by atoms with van der Waals surface area (Å²) in [5.41, 5.74) is 5.95. The van der Waals surface area contributed by atoms with Crippen molar-refractivity contribution in [3.05, 3.63) is 17.2 Å². The molecule has 0 aromatic carbocycles. The highest BCUT2D eigenvalue weighted by molar-refractivity contribution is 7.94. The maximum atomic E-state index is 12.2. The number of sulfone groups is 1. The van der Waals surface area contributed by atoms with Gasteiger partial charge >= 0.3 is 0 Å². The van der Waals surface area contributed by atoms with Crippen LogP contribution in [-0.4, -0.2) is 38.4 Å². The van der Waals surface area contributed by atoms with Gasteiger partial charge in [-0.1, -0.05) is 6.08 Å². The first-order valence-electron chi connectivity index (χ1n) is 5.35. The number of anilines is 1. The van der Waals surface area contributed by atoms with Gasteiger partial charge in [-0.3, -0.25) is 4.68 Å². The zero-order valence-electron chi connectivity index (χ0n) is 10.4. The smallest absolute Gasteiger partial charge is 0.246 e. The zero-order chi connectivity index (χ0) is 14.4. The standard InChI is InChI=1S/C9H14N4O4S2/c1-6-8(9(10)11-13(6)2)19(16,17)12-7-3-4-18(14,15)5-7/h3-4,7,12H,5H2,1-2H3,(H2,10,11). The Morgan fingerprint density at radius 3 is 2.58 bits per heavy atom. The van der Waals surface area contributed by atoms with Gasteiger partial charge < -0.3 is 5.73 Å². The minimum absolute atomic E-state index is 0.114. The molecule has 0 fully saturated rings. The second-order valence-electron chi connectivity index (χ2n) is 4.31. The van der Waals surface area contributed by atoms with Crippen LogP contribution in [0.3, 0.4) is 0 Å². The summed E-state index contributed by atoms with van der Waals surface area (Å²) < 4.78 is 50.5. The molecule has 0 saturated carbocycles. The maximum absolute atomic E-state index is 12.2. The van der Waals surface area contributed by atoms with E-state index in [2.05, 4.69) is 9.82 Å².